The van der Waals surface area contributed by atoms with Crippen molar-refractivity contribution in [3.8, 4) is 34.4 Å². The molecule has 2 fully saturated rings. The number of ether oxygens (including phenoxy) is 1. The Morgan fingerprint density at radius 3 is 2.11 bits per heavy atom. The molecular formula is C43H53N7O4. The van der Waals surface area contributed by atoms with Gasteiger partial charge in [0.1, 0.15) is 11.9 Å². The summed E-state index contributed by atoms with van der Waals surface area (Å²) in [6, 6.07) is 15.2. The second kappa shape index (κ2) is 18.4. The van der Waals surface area contributed by atoms with Gasteiger partial charge >= 0.3 is 6.09 Å². The lowest BCUT2D eigenvalue weighted by atomic mass is 10.0. The molecule has 2 unspecified atom stereocenters. The number of aromatic nitrogens is 4. The number of imidazole rings is 2. The van der Waals surface area contributed by atoms with Crippen molar-refractivity contribution in [2.24, 2.45) is 11.8 Å². The summed E-state index contributed by atoms with van der Waals surface area (Å²) in [6.07, 6.45) is 8.08. The minimum absolute atomic E-state index is 0.0806. The first-order valence-corrected chi connectivity index (χ1v) is 18.8. The van der Waals surface area contributed by atoms with Gasteiger partial charge in [-0.05, 0) is 80.3 Å². The van der Waals surface area contributed by atoms with Crippen LogP contribution in [0.25, 0.3) is 22.5 Å². The number of rotatable bonds is 8. The number of hydrogen-bond acceptors (Lipinski definition) is 6. The van der Waals surface area contributed by atoms with Gasteiger partial charge in [0.15, 0.2) is 0 Å². The Bertz CT molecular complexity index is 1960. The number of nitrogens with one attached hydrogen (secondary N) is 3. The minimum Gasteiger partial charge on any atom is -0.453 e. The first kappa shape index (κ1) is 39.6. The quantitative estimate of drug-likeness (QED) is 0.127. The highest BCUT2D eigenvalue weighted by molar-refractivity contribution is 5.86. The third-order valence-electron chi connectivity index (χ3n) is 9.79. The molecule has 4 aromatic rings. The molecule has 0 aliphatic carbocycles. The molecular weight excluding hydrogens is 679 g/mol. The summed E-state index contributed by atoms with van der Waals surface area (Å²) in [5, 5.41) is 2.68. The van der Waals surface area contributed by atoms with Gasteiger partial charge < -0.3 is 29.8 Å². The highest BCUT2D eigenvalue weighted by atomic mass is 16.5. The normalized spacial score (nSPS) is 15.7. The summed E-state index contributed by atoms with van der Waals surface area (Å²) in [6.45, 7) is 14.7. The molecule has 4 heterocycles. The lowest BCUT2D eigenvalue weighted by Gasteiger charge is -2.30. The van der Waals surface area contributed by atoms with E-state index in [0.717, 1.165) is 71.8 Å². The van der Waals surface area contributed by atoms with Gasteiger partial charge in [0.25, 0.3) is 0 Å². The summed E-state index contributed by atoms with van der Waals surface area (Å²) in [5.74, 6) is 7.75. The predicted molar refractivity (Wildman–Crippen MR) is 211 cm³/mol. The molecule has 0 radical (unpaired) electrons. The molecule has 11 nitrogen and oxygen atoms in total. The molecule has 2 atom stereocenters. The maximum absolute atomic E-state index is 13.4. The van der Waals surface area contributed by atoms with Crippen LogP contribution in [-0.2, 0) is 14.3 Å². The lowest BCUT2D eigenvalue weighted by molar-refractivity contribution is -0.135. The van der Waals surface area contributed by atoms with Crippen LogP contribution in [0.3, 0.4) is 0 Å². The Morgan fingerprint density at radius 2 is 1.57 bits per heavy atom. The molecule has 54 heavy (non-hydrogen) atoms. The molecule has 2 aliphatic rings. The van der Waals surface area contributed by atoms with Crippen LogP contribution < -0.4 is 5.32 Å². The number of H-pyrrole nitrogens is 2. The van der Waals surface area contributed by atoms with E-state index in [1.165, 1.54) is 18.3 Å². The van der Waals surface area contributed by atoms with E-state index in [-0.39, 0.29) is 17.9 Å². The van der Waals surface area contributed by atoms with Crippen LogP contribution >= 0.6 is 0 Å². The van der Waals surface area contributed by atoms with E-state index in [9.17, 15) is 14.4 Å². The van der Waals surface area contributed by atoms with Crippen LogP contribution in [0.15, 0.2) is 78.4 Å². The Kier molecular flexibility index (Phi) is 13.5. The molecule has 284 valence electrons. The number of hydrogen-bond donors (Lipinski definition) is 3. The fraction of sp³-hybridized carbons (Fsp3) is 0.419. The number of carbonyl (C=O) groups excluding carboxylic acids is 3. The molecule has 3 N–H and O–H groups in total. The van der Waals surface area contributed by atoms with Crippen LogP contribution in [0.2, 0.25) is 0 Å². The number of likely N-dealkylation sites (tertiary alicyclic amines) is 2. The fourth-order valence-corrected chi connectivity index (χ4v) is 6.63. The predicted octanol–water partition coefficient (Wildman–Crippen LogP) is 7.51. The summed E-state index contributed by atoms with van der Waals surface area (Å²) >= 11 is 0. The number of allylic oxidation sites excluding steroid dienone is 1. The number of alkyl carbamates (subject to hydrolysis) is 1. The van der Waals surface area contributed by atoms with Crippen LogP contribution in [-0.4, -0.2) is 80.4 Å². The number of benzene rings is 2. The van der Waals surface area contributed by atoms with Gasteiger partial charge in [0, 0.05) is 37.2 Å². The van der Waals surface area contributed by atoms with Gasteiger partial charge in [0.05, 0.1) is 43.3 Å². The van der Waals surface area contributed by atoms with Crippen molar-refractivity contribution in [1.82, 2.24) is 35.1 Å². The highest BCUT2D eigenvalue weighted by Crippen LogP contribution is 2.33. The zero-order valence-corrected chi connectivity index (χ0v) is 32.5. The van der Waals surface area contributed by atoms with E-state index < -0.39 is 12.1 Å². The van der Waals surface area contributed by atoms with Gasteiger partial charge in [-0.25, -0.2) is 14.8 Å². The Hall–Kier alpha value is -5.63. The highest BCUT2D eigenvalue weighted by Gasteiger charge is 2.37. The molecule has 2 saturated heterocycles. The molecule has 11 heteroatoms. The fourth-order valence-electron chi connectivity index (χ4n) is 6.63. The average molecular weight is 732 g/mol. The van der Waals surface area contributed by atoms with Crippen molar-refractivity contribution in [3.05, 3.63) is 95.3 Å². The SMILES string of the molecule is CC(C)=C1CCN(C(=O)CC(C)C)C1.COC(=O)NC(C(=O)N1CCCC1c1ncc(-c2ccc(C#Cc3ccc(-c4cnc[nH]4)cc3)cc2)[nH]1)C(C)C. The van der Waals surface area contributed by atoms with E-state index in [2.05, 4.69) is 64.8 Å². The summed E-state index contributed by atoms with van der Waals surface area (Å²) in [7, 11) is 1.29. The molecule has 6 rings (SSSR count). The second-order valence-corrected chi connectivity index (χ2v) is 14.9. The Morgan fingerprint density at radius 1 is 0.926 bits per heavy atom. The summed E-state index contributed by atoms with van der Waals surface area (Å²) < 4.78 is 4.72. The van der Waals surface area contributed by atoms with Gasteiger partial charge in [-0.15, -0.1) is 0 Å². The van der Waals surface area contributed by atoms with Crippen molar-refractivity contribution in [3.63, 3.8) is 0 Å². The summed E-state index contributed by atoms with van der Waals surface area (Å²) in [4.78, 5) is 55.9. The van der Waals surface area contributed by atoms with Crippen LogP contribution in [0.4, 0.5) is 4.79 Å². The van der Waals surface area contributed by atoms with Gasteiger partial charge in [-0.3, -0.25) is 9.59 Å². The van der Waals surface area contributed by atoms with Crippen molar-refractivity contribution in [2.75, 3.05) is 26.7 Å². The van der Waals surface area contributed by atoms with Crippen molar-refractivity contribution < 1.29 is 19.1 Å². The van der Waals surface area contributed by atoms with Crippen molar-refractivity contribution in [1.29, 1.82) is 0 Å². The topological polar surface area (TPSA) is 136 Å². The molecule has 2 aliphatic heterocycles. The third kappa shape index (κ3) is 10.3. The number of aromatic amines is 2. The lowest BCUT2D eigenvalue weighted by Crippen LogP contribution is -2.51. The minimum atomic E-state index is -0.662. The van der Waals surface area contributed by atoms with Crippen LogP contribution in [0.1, 0.15) is 90.2 Å². The molecule has 0 saturated carbocycles. The first-order chi connectivity index (χ1) is 25.9. The number of nitrogens with zero attached hydrogens (tertiary/aromatic N) is 4. The first-order valence-electron chi connectivity index (χ1n) is 18.8. The van der Waals surface area contributed by atoms with Crippen molar-refractivity contribution >= 4 is 17.9 Å². The van der Waals surface area contributed by atoms with Gasteiger partial charge in [-0.2, -0.15) is 0 Å². The Balaban J connectivity index is 0.000000338. The number of amides is 3. The maximum Gasteiger partial charge on any atom is 0.407 e. The zero-order valence-electron chi connectivity index (χ0n) is 32.5. The number of carbonyl (C=O) groups is 3. The van der Waals surface area contributed by atoms with Gasteiger partial charge in [0.2, 0.25) is 11.8 Å². The second-order valence-electron chi connectivity index (χ2n) is 14.9. The zero-order chi connectivity index (χ0) is 38.8. The van der Waals surface area contributed by atoms with Crippen LogP contribution in [0.5, 0.6) is 0 Å². The molecule has 2 aromatic heterocycles. The van der Waals surface area contributed by atoms with E-state index in [1.54, 1.807) is 18.7 Å². The monoisotopic (exact) mass is 731 g/mol. The van der Waals surface area contributed by atoms with E-state index in [4.69, 9.17) is 4.74 Å². The van der Waals surface area contributed by atoms with Crippen molar-refractivity contribution in [2.45, 2.75) is 79.3 Å². The smallest absolute Gasteiger partial charge is 0.407 e. The molecule has 2 aromatic carbocycles. The largest absolute Gasteiger partial charge is 0.453 e. The number of methoxy groups -OCH3 is 1. The van der Waals surface area contributed by atoms with Crippen LogP contribution in [0, 0.1) is 23.7 Å². The molecule has 0 bridgehead atoms. The summed E-state index contributed by atoms with van der Waals surface area (Å²) in [5.41, 5.74) is 8.56. The van der Waals surface area contributed by atoms with E-state index in [0.29, 0.717) is 24.8 Å². The molecule has 0 spiro atoms. The van der Waals surface area contributed by atoms with E-state index in [1.807, 2.05) is 72.2 Å². The Labute approximate surface area is 319 Å². The standard InChI is InChI=1S/C31H32N6O3.C12H21NO/c1-20(2)28(36-31(39)40-3)30(38)37-16-4-5-27(37)29-33-18-26(35-29)24-14-10-22(11-15-24)7-6-21-8-12-23(13-9-21)25-17-32-19-34-25;1-9(2)7-12(14)13-6-5-11(8-13)10(3)4/h8-15,17-20,27-28H,4-5,16H2,1-3H3,(H,32,34)(H,33,35)(H,36,39);9H,5-8H2,1-4H3. The third-order valence-corrected chi connectivity index (χ3v) is 9.79. The molecule has 3 amide bonds. The maximum atomic E-state index is 13.4. The van der Waals surface area contributed by atoms with E-state index >= 15 is 0 Å². The average Bonchev–Trinajstić information content (AvgIpc) is 4.00. The van der Waals surface area contributed by atoms with Gasteiger partial charge in [-0.1, -0.05) is 74.9 Å².